The lowest BCUT2D eigenvalue weighted by molar-refractivity contribution is 0.120. The summed E-state index contributed by atoms with van der Waals surface area (Å²) in [5.74, 6) is 2.49. The largest absolute Gasteiger partial charge is 0.493 e. The predicted octanol–water partition coefficient (Wildman–Crippen LogP) is 3.01. The number of anilines is 3. The zero-order chi connectivity index (χ0) is 22.6. The van der Waals surface area contributed by atoms with Crippen LogP contribution in [0.15, 0.2) is 42.5 Å². The quantitative estimate of drug-likeness (QED) is 0.573. The van der Waals surface area contributed by atoms with Crippen LogP contribution in [-0.4, -0.2) is 57.5 Å². The van der Waals surface area contributed by atoms with Crippen molar-refractivity contribution in [2.24, 2.45) is 0 Å². The minimum absolute atomic E-state index is 0.246. The van der Waals surface area contributed by atoms with Crippen LogP contribution >= 0.6 is 0 Å². The molecule has 3 N–H and O–H groups in total. The summed E-state index contributed by atoms with van der Waals surface area (Å²) in [5.41, 5.74) is 10.9. The molecule has 0 saturated carbocycles. The number of nitrogens with one attached hydrogen (secondary N) is 1. The summed E-state index contributed by atoms with van der Waals surface area (Å²) >= 11 is 0. The molecule has 1 aromatic heterocycles. The van der Waals surface area contributed by atoms with E-state index in [0.717, 1.165) is 63.6 Å². The van der Waals surface area contributed by atoms with Gasteiger partial charge in [0.2, 0.25) is 11.9 Å². The van der Waals surface area contributed by atoms with Gasteiger partial charge in [0.25, 0.3) is 0 Å². The Bertz CT molecular complexity index is 1110. The minimum atomic E-state index is 0.246. The van der Waals surface area contributed by atoms with E-state index < -0.39 is 0 Å². The number of para-hydroxylation sites is 1. The van der Waals surface area contributed by atoms with Gasteiger partial charge in [-0.15, -0.1) is 0 Å². The van der Waals surface area contributed by atoms with E-state index in [1.165, 1.54) is 16.7 Å². The fraction of sp³-hybridized carbons (Fsp3) is 0.400. The molecule has 3 heterocycles. The number of piperazine rings is 1. The van der Waals surface area contributed by atoms with Gasteiger partial charge in [0.15, 0.2) is 0 Å². The maximum absolute atomic E-state index is 6.00. The van der Waals surface area contributed by atoms with Crippen molar-refractivity contribution in [1.82, 2.24) is 24.8 Å². The summed E-state index contributed by atoms with van der Waals surface area (Å²) < 4.78 is 5.63. The van der Waals surface area contributed by atoms with Gasteiger partial charge >= 0.3 is 0 Å². The first-order valence-corrected chi connectivity index (χ1v) is 11.7. The van der Waals surface area contributed by atoms with Crippen molar-refractivity contribution in [3.63, 3.8) is 0 Å². The number of aryl methyl sites for hydroxylation is 1. The molecule has 33 heavy (non-hydrogen) atoms. The Morgan fingerprint density at radius 2 is 1.76 bits per heavy atom. The molecule has 2 aromatic carbocycles. The number of benzene rings is 2. The van der Waals surface area contributed by atoms with Crippen LogP contribution in [0.1, 0.15) is 29.4 Å². The molecule has 1 fully saturated rings. The third-order valence-electron chi connectivity index (χ3n) is 6.33. The lowest BCUT2D eigenvalue weighted by Crippen LogP contribution is -2.45. The van der Waals surface area contributed by atoms with E-state index in [0.29, 0.717) is 18.3 Å². The van der Waals surface area contributed by atoms with Crippen molar-refractivity contribution in [3.05, 3.63) is 65.0 Å². The molecule has 3 aromatic rings. The summed E-state index contributed by atoms with van der Waals surface area (Å²) in [6.07, 6.45) is 1.95. The van der Waals surface area contributed by atoms with Crippen LogP contribution in [0.5, 0.6) is 5.75 Å². The second kappa shape index (κ2) is 9.72. The Kier molecular flexibility index (Phi) is 6.37. The topological polar surface area (TPSA) is 92.4 Å². The normalized spacial score (nSPS) is 16.4. The molecule has 0 aliphatic carbocycles. The molecule has 0 unspecified atom stereocenters. The molecule has 1 saturated heterocycles. The molecule has 0 bridgehead atoms. The molecule has 2 aliphatic rings. The van der Waals surface area contributed by atoms with Gasteiger partial charge < -0.3 is 15.8 Å². The summed E-state index contributed by atoms with van der Waals surface area (Å²) in [6.45, 7) is 8.56. The number of nitrogens with zero attached hydrogens (tertiary/aromatic N) is 5. The first-order valence-electron chi connectivity index (χ1n) is 11.7. The fourth-order valence-electron chi connectivity index (χ4n) is 4.54. The number of nitrogen functional groups attached to an aromatic ring is 1. The van der Waals surface area contributed by atoms with E-state index in [2.05, 4.69) is 61.3 Å². The summed E-state index contributed by atoms with van der Waals surface area (Å²) in [7, 11) is 0. The molecule has 0 radical (unpaired) electrons. The zero-order valence-electron chi connectivity index (χ0n) is 19.1. The summed E-state index contributed by atoms with van der Waals surface area (Å²) in [6, 6.07) is 14.8. The maximum atomic E-state index is 6.00. The highest BCUT2D eigenvalue weighted by molar-refractivity contribution is 5.58. The Morgan fingerprint density at radius 1 is 0.970 bits per heavy atom. The highest BCUT2D eigenvalue weighted by atomic mass is 16.5. The van der Waals surface area contributed by atoms with E-state index in [4.69, 9.17) is 10.5 Å². The molecule has 0 amide bonds. The maximum Gasteiger partial charge on any atom is 0.232 e. The molecular weight excluding hydrogens is 414 g/mol. The minimum Gasteiger partial charge on any atom is -0.493 e. The number of fused-ring (bicyclic) bond motifs is 1. The molecule has 0 atom stereocenters. The SMILES string of the molecule is CCc1ccccc1Nc1nc(N)nc(CN2CCN(Cc3ccc4c(c3)CCO4)CC2)n1. The van der Waals surface area contributed by atoms with Crippen LogP contribution in [0.25, 0.3) is 0 Å². The Hall–Kier alpha value is -3.23. The van der Waals surface area contributed by atoms with Crippen LogP contribution in [0.3, 0.4) is 0 Å². The monoisotopic (exact) mass is 445 g/mol. The summed E-state index contributed by atoms with van der Waals surface area (Å²) in [5, 5.41) is 3.32. The van der Waals surface area contributed by atoms with Gasteiger partial charge in [-0.3, -0.25) is 9.80 Å². The highest BCUT2D eigenvalue weighted by Crippen LogP contribution is 2.26. The lowest BCUT2D eigenvalue weighted by atomic mass is 10.1. The third-order valence-corrected chi connectivity index (χ3v) is 6.33. The number of rotatable bonds is 7. The Balaban J connectivity index is 1.17. The molecule has 2 aliphatic heterocycles. The molecule has 172 valence electrons. The molecule has 8 heteroatoms. The van der Waals surface area contributed by atoms with Crippen molar-refractivity contribution < 1.29 is 4.74 Å². The highest BCUT2D eigenvalue weighted by Gasteiger charge is 2.20. The van der Waals surface area contributed by atoms with Crippen LogP contribution < -0.4 is 15.8 Å². The predicted molar refractivity (Wildman–Crippen MR) is 130 cm³/mol. The standard InChI is InChI=1S/C25H31N7O/c1-2-19-5-3-4-6-21(19)27-25-29-23(28-24(26)30-25)17-32-12-10-31(11-13-32)16-18-7-8-22-20(15-18)9-14-33-22/h3-8,15H,2,9-14,16-17H2,1H3,(H3,26,27,28,29,30). The van der Waals surface area contributed by atoms with E-state index >= 15 is 0 Å². The molecular formula is C25H31N7O. The number of hydrogen-bond acceptors (Lipinski definition) is 8. The second-order valence-electron chi connectivity index (χ2n) is 8.66. The van der Waals surface area contributed by atoms with Crippen LogP contribution in [0, 0.1) is 0 Å². The van der Waals surface area contributed by atoms with E-state index in [1.54, 1.807) is 0 Å². The van der Waals surface area contributed by atoms with Crippen molar-refractivity contribution in [2.75, 3.05) is 43.8 Å². The van der Waals surface area contributed by atoms with Crippen molar-refractivity contribution >= 4 is 17.6 Å². The number of aromatic nitrogens is 3. The average Bonchev–Trinajstić information content (AvgIpc) is 3.28. The molecule has 0 spiro atoms. The Morgan fingerprint density at radius 3 is 2.58 bits per heavy atom. The number of hydrogen-bond donors (Lipinski definition) is 2. The van der Waals surface area contributed by atoms with Crippen molar-refractivity contribution in [1.29, 1.82) is 0 Å². The Labute approximate surface area is 194 Å². The first-order chi connectivity index (χ1) is 16.2. The lowest BCUT2D eigenvalue weighted by Gasteiger charge is -2.34. The van der Waals surface area contributed by atoms with Crippen LogP contribution in [0.4, 0.5) is 17.6 Å². The van der Waals surface area contributed by atoms with Gasteiger partial charge in [0.1, 0.15) is 11.6 Å². The average molecular weight is 446 g/mol. The smallest absolute Gasteiger partial charge is 0.232 e. The van der Waals surface area contributed by atoms with E-state index in [9.17, 15) is 0 Å². The number of ether oxygens (including phenoxy) is 1. The zero-order valence-corrected chi connectivity index (χ0v) is 19.1. The third kappa shape index (κ3) is 5.23. The van der Waals surface area contributed by atoms with Crippen molar-refractivity contribution in [2.45, 2.75) is 32.9 Å². The van der Waals surface area contributed by atoms with Crippen molar-refractivity contribution in [3.8, 4) is 5.75 Å². The van der Waals surface area contributed by atoms with Crippen LogP contribution in [0.2, 0.25) is 0 Å². The summed E-state index contributed by atoms with van der Waals surface area (Å²) in [4.78, 5) is 18.2. The van der Waals surface area contributed by atoms with E-state index in [-0.39, 0.29) is 5.95 Å². The first kappa shape index (κ1) is 21.6. The van der Waals surface area contributed by atoms with Gasteiger partial charge in [-0.25, -0.2) is 0 Å². The van der Waals surface area contributed by atoms with Gasteiger partial charge in [0, 0.05) is 44.8 Å². The molecule has 8 nitrogen and oxygen atoms in total. The number of nitrogens with two attached hydrogens (primary N) is 1. The van der Waals surface area contributed by atoms with Gasteiger partial charge in [-0.2, -0.15) is 15.0 Å². The van der Waals surface area contributed by atoms with Gasteiger partial charge in [-0.1, -0.05) is 37.3 Å². The van der Waals surface area contributed by atoms with Gasteiger partial charge in [0.05, 0.1) is 13.2 Å². The second-order valence-corrected chi connectivity index (χ2v) is 8.66. The molecule has 5 rings (SSSR count). The fourth-order valence-corrected chi connectivity index (χ4v) is 4.54. The van der Waals surface area contributed by atoms with E-state index in [1.807, 2.05) is 18.2 Å². The van der Waals surface area contributed by atoms with Crippen LogP contribution in [-0.2, 0) is 25.9 Å². The van der Waals surface area contributed by atoms with Gasteiger partial charge in [-0.05, 0) is 35.2 Å².